The third-order valence-electron chi connectivity index (χ3n) is 9.07. The molecule has 2 aromatic heterocycles. The summed E-state index contributed by atoms with van der Waals surface area (Å²) in [5.74, 6) is 2.85. The van der Waals surface area contributed by atoms with Gasteiger partial charge in [-0.1, -0.05) is 20.8 Å². The van der Waals surface area contributed by atoms with Crippen LogP contribution in [-0.4, -0.2) is 86.1 Å². The third kappa shape index (κ3) is 5.46. The molecule has 4 aliphatic rings. The zero-order chi connectivity index (χ0) is 26.4. The van der Waals surface area contributed by atoms with Crippen LogP contribution in [0.1, 0.15) is 89.7 Å². The molecular formula is C28H43N7O3. The Morgan fingerprint density at radius 3 is 2.42 bits per heavy atom. The van der Waals surface area contributed by atoms with Crippen molar-refractivity contribution in [2.24, 2.45) is 5.41 Å². The largest absolute Gasteiger partial charge is 0.382 e. The predicted octanol–water partition coefficient (Wildman–Crippen LogP) is 3.40. The molecule has 2 aromatic rings. The van der Waals surface area contributed by atoms with E-state index in [-0.39, 0.29) is 11.5 Å². The average molecular weight is 526 g/mol. The lowest BCUT2D eigenvalue weighted by molar-refractivity contribution is -0.178. The molecule has 38 heavy (non-hydrogen) atoms. The number of ether oxygens (including phenoxy) is 2. The van der Waals surface area contributed by atoms with Crippen molar-refractivity contribution in [3.05, 3.63) is 23.8 Å². The van der Waals surface area contributed by atoms with Crippen molar-refractivity contribution in [3.8, 4) is 5.82 Å². The van der Waals surface area contributed by atoms with Gasteiger partial charge in [0, 0.05) is 31.6 Å². The molecule has 6 rings (SSSR count). The minimum Gasteiger partial charge on any atom is -0.382 e. The van der Waals surface area contributed by atoms with Crippen molar-refractivity contribution in [2.45, 2.75) is 95.3 Å². The molecule has 0 bridgehead atoms. The van der Waals surface area contributed by atoms with Gasteiger partial charge in [0.05, 0.1) is 25.4 Å². The number of hydrogen-bond acceptors (Lipinski definition) is 9. The van der Waals surface area contributed by atoms with Crippen LogP contribution in [0.2, 0.25) is 0 Å². The van der Waals surface area contributed by atoms with Gasteiger partial charge in [-0.2, -0.15) is 4.68 Å². The Labute approximate surface area is 225 Å². The third-order valence-corrected chi connectivity index (χ3v) is 9.07. The zero-order valence-electron chi connectivity index (χ0n) is 23.2. The SMILES string of the molecule is CC(C)c1nc(C2(O)CC2)n(-c2ccc(NC3CCC(C)(CN4CCC5(CC4)COCCO5)CC3)nn2)n1. The smallest absolute Gasteiger partial charge is 0.178 e. The van der Waals surface area contributed by atoms with Crippen LogP contribution in [0.3, 0.4) is 0 Å². The molecule has 208 valence electrons. The standard InChI is InChI=1S/C28H43N7O3/c1-20(2)24-30-25(28(36)10-11-28)35(33-24)23-5-4-22(31-32-23)29-21-6-8-26(3,9-7-21)18-34-14-12-27(13-15-34)19-37-16-17-38-27/h4-5,20-21,36H,6-19H2,1-3H3,(H,29,31). The molecule has 2 saturated heterocycles. The molecule has 4 fully saturated rings. The van der Waals surface area contributed by atoms with Gasteiger partial charge in [0.1, 0.15) is 11.4 Å². The summed E-state index contributed by atoms with van der Waals surface area (Å²) in [7, 11) is 0. The second kappa shape index (κ2) is 10.1. The van der Waals surface area contributed by atoms with E-state index in [1.165, 1.54) is 12.8 Å². The van der Waals surface area contributed by atoms with Gasteiger partial charge in [0.2, 0.25) is 0 Å². The summed E-state index contributed by atoms with van der Waals surface area (Å²) >= 11 is 0. The lowest BCUT2D eigenvalue weighted by atomic mass is 9.73. The van der Waals surface area contributed by atoms with Crippen LogP contribution in [-0.2, 0) is 15.1 Å². The van der Waals surface area contributed by atoms with Gasteiger partial charge in [-0.15, -0.1) is 15.3 Å². The zero-order valence-corrected chi connectivity index (χ0v) is 23.2. The Morgan fingerprint density at radius 2 is 1.82 bits per heavy atom. The Kier molecular flexibility index (Phi) is 6.95. The maximum atomic E-state index is 10.7. The maximum absolute atomic E-state index is 10.7. The number of nitrogens with zero attached hydrogens (tertiary/aromatic N) is 6. The summed E-state index contributed by atoms with van der Waals surface area (Å²) in [4.78, 5) is 7.26. The first-order valence-corrected chi connectivity index (χ1v) is 14.5. The molecule has 10 heteroatoms. The molecule has 4 heterocycles. The van der Waals surface area contributed by atoms with Gasteiger partial charge in [0.15, 0.2) is 17.5 Å². The summed E-state index contributed by atoms with van der Waals surface area (Å²) < 4.78 is 13.5. The van der Waals surface area contributed by atoms with Gasteiger partial charge in [-0.05, 0) is 68.9 Å². The second-order valence-corrected chi connectivity index (χ2v) is 12.8. The van der Waals surface area contributed by atoms with E-state index in [0.717, 1.165) is 76.8 Å². The first-order valence-electron chi connectivity index (χ1n) is 14.5. The number of aliphatic hydroxyl groups is 1. The first-order chi connectivity index (χ1) is 18.2. The van der Waals surface area contributed by atoms with E-state index in [1.807, 2.05) is 12.1 Å². The summed E-state index contributed by atoms with van der Waals surface area (Å²) in [5.41, 5.74) is -0.568. The average Bonchev–Trinajstić information content (AvgIpc) is 3.49. The number of nitrogens with one attached hydrogen (secondary N) is 1. The number of rotatable bonds is 7. The monoisotopic (exact) mass is 525 g/mol. The molecule has 2 aliphatic carbocycles. The van der Waals surface area contributed by atoms with Gasteiger partial charge in [-0.3, -0.25) is 0 Å². The highest BCUT2D eigenvalue weighted by atomic mass is 16.6. The van der Waals surface area contributed by atoms with E-state index in [9.17, 15) is 5.11 Å². The van der Waals surface area contributed by atoms with Crippen LogP contribution < -0.4 is 5.32 Å². The number of anilines is 1. The van der Waals surface area contributed by atoms with E-state index < -0.39 is 5.60 Å². The highest BCUT2D eigenvalue weighted by Gasteiger charge is 2.47. The molecule has 0 amide bonds. The molecule has 0 atom stereocenters. The van der Waals surface area contributed by atoms with Crippen molar-refractivity contribution in [1.82, 2.24) is 29.9 Å². The maximum Gasteiger partial charge on any atom is 0.178 e. The molecule has 2 saturated carbocycles. The minimum absolute atomic E-state index is 0.0303. The minimum atomic E-state index is -0.888. The van der Waals surface area contributed by atoms with E-state index in [1.54, 1.807) is 4.68 Å². The number of hydrogen-bond donors (Lipinski definition) is 2. The van der Waals surface area contributed by atoms with Crippen LogP contribution in [0, 0.1) is 5.41 Å². The quantitative estimate of drug-likeness (QED) is 0.562. The van der Waals surface area contributed by atoms with Crippen molar-refractivity contribution in [1.29, 1.82) is 0 Å². The van der Waals surface area contributed by atoms with Crippen molar-refractivity contribution in [3.63, 3.8) is 0 Å². The molecule has 0 unspecified atom stereocenters. The fourth-order valence-corrected chi connectivity index (χ4v) is 6.28. The van der Waals surface area contributed by atoms with Crippen LogP contribution >= 0.6 is 0 Å². The molecular weight excluding hydrogens is 482 g/mol. The van der Waals surface area contributed by atoms with Gasteiger partial charge < -0.3 is 24.8 Å². The summed E-state index contributed by atoms with van der Waals surface area (Å²) in [6.45, 7) is 12.2. The summed E-state index contributed by atoms with van der Waals surface area (Å²) in [6, 6.07) is 4.29. The second-order valence-electron chi connectivity index (χ2n) is 12.8. The van der Waals surface area contributed by atoms with Gasteiger partial charge in [0.25, 0.3) is 0 Å². The molecule has 10 nitrogen and oxygen atoms in total. The normalized spacial score (nSPS) is 29.0. The lowest BCUT2D eigenvalue weighted by Crippen LogP contribution is -2.53. The molecule has 1 spiro atoms. The van der Waals surface area contributed by atoms with Crippen molar-refractivity contribution < 1.29 is 14.6 Å². The Morgan fingerprint density at radius 1 is 1.05 bits per heavy atom. The van der Waals surface area contributed by atoms with E-state index in [4.69, 9.17) is 9.47 Å². The summed E-state index contributed by atoms with van der Waals surface area (Å²) in [5, 5.41) is 27.8. The Hall–Kier alpha value is -2.14. The van der Waals surface area contributed by atoms with E-state index >= 15 is 0 Å². The topological polar surface area (TPSA) is 110 Å². The summed E-state index contributed by atoms with van der Waals surface area (Å²) in [6.07, 6.45) is 8.25. The number of piperidine rings is 1. The highest BCUT2D eigenvalue weighted by molar-refractivity contribution is 5.38. The van der Waals surface area contributed by atoms with Gasteiger partial charge >= 0.3 is 0 Å². The van der Waals surface area contributed by atoms with Crippen molar-refractivity contribution >= 4 is 5.82 Å². The molecule has 2 N–H and O–H groups in total. The van der Waals surface area contributed by atoms with Crippen LogP contribution in [0.5, 0.6) is 0 Å². The van der Waals surface area contributed by atoms with Crippen molar-refractivity contribution in [2.75, 3.05) is 44.8 Å². The Bertz CT molecular complexity index is 1090. The van der Waals surface area contributed by atoms with Crippen LogP contribution in [0.25, 0.3) is 5.82 Å². The number of aromatic nitrogens is 5. The van der Waals surface area contributed by atoms with E-state index in [2.05, 4.69) is 51.3 Å². The first kappa shape index (κ1) is 26.1. The predicted molar refractivity (Wildman–Crippen MR) is 143 cm³/mol. The lowest BCUT2D eigenvalue weighted by Gasteiger charge is -2.47. The Balaban J connectivity index is 1.02. The van der Waals surface area contributed by atoms with Crippen LogP contribution in [0.4, 0.5) is 5.82 Å². The fourth-order valence-electron chi connectivity index (χ4n) is 6.28. The molecule has 2 aliphatic heterocycles. The van der Waals surface area contributed by atoms with Crippen LogP contribution in [0.15, 0.2) is 12.1 Å². The van der Waals surface area contributed by atoms with E-state index in [0.29, 0.717) is 35.9 Å². The number of likely N-dealkylation sites (tertiary alicyclic amines) is 1. The molecule has 0 aromatic carbocycles. The van der Waals surface area contributed by atoms with Gasteiger partial charge in [-0.25, -0.2) is 4.98 Å². The fraction of sp³-hybridized carbons (Fsp3) is 0.786. The molecule has 0 radical (unpaired) electrons. The highest BCUT2D eigenvalue weighted by Crippen LogP contribution is 2.45.